The van der Waals surface area contributed by atoms with Gasteiger partial charge in [0.15, 0.2) is 0 Å². The molecule has 2 amide bonds. The lowest BCUT2D eigenvalue weighted by molar-refractivity contribution is -0.122. The molecule has 96 valence electrons. The Labute approximate surface area is 106 Å². The van der Waals surface area contributed by atoms with E-state index in [1.54, 1.807) is 4.90 Å². The molecule has 1 aliphatic heterocycles. The van der Waals surface area contributed by atoms with E-state index < -0.39 is 0 Å². The second-order valence-electron chi connectivity index (χ2n) is 5.06. The van der Waals surface area contributed by atoms with Gasteiger partial charge in [0.05, 0.1) is 0 Å². The van der Waals surface area contributed by atoms with Crippen LogP contribution in [0, 0.1) is 5.92 Å². The van der Waals surface area contributed by atoms with Gasteiger partial charge in [0.2, 0.25) is 5.91 Å². The van der Waals surface area contributed by atoms with E-state index in [0.717, 1.165) is 24.5 Å². The normalized spacial score (nSPS) is 29.5. The Morgan fingerprint density at radius 2 is 2.12 bits per heavy atom. The molecule has 0 aromatic carbocycles. The predicted octanol–water partition coefficient (Wildman–Crippen LogP) is 1.85. The van der Waals surface area contributed by atoms with Crippen LogP contribution in [0.2, 0.25) is 0 Å². The van der Waals surface area contributed by atoms with Crippen LogP contribution in [0.15, 0.2) is 0 Å². The van der Waals surface area contributed by atoms with Crippen molar-refractivity contribution >= 4 is 22.9 Å². The maximum Gasteiger partial charge on any atom is 0.282 e. The van der Waals surface area contributed by atoms with Crippen molar-refractivity contribution in [3.63, 3.8) is 0 Å². The van der Waals surface area contributed by atoms with Gasteiger partial charge < -0.3 is 10.2 Å². The molecule has 2 rings (SSSR count). The smallest absolute Gasteiger partial charge is 0.282 e. The zero-order chi connectivity index (χ0) is 12.3. The number of rotatable bonds is 3. The second kappa shape index (κ2) is 5.76. The fraction of sp³-hybridized carbons (Fsp3) is 0.833. The topological polar surface area (TPSA) is 49.4 Å². The molecule has 1 aliphatic carbocycles. The monoisotopic (exact) mass is 256 g/mol. The van der Waals surface area contributed by atoms with E-state index in [4.69, 9.17) is 0 Å². The van der Waals surface area contributed by atoms with Gasteiger partial charge in [-0.1, -0.05) is 18.7 Å². The average molecular weight is 256 g/mol. The first-order valence-electron chi connectivity index (χ1n) is 6.36. The molecule has 1 N–H and O–H groups in total. The van der Waals surface area contributed by atoms with Crippen molar-refractivity contribution in [2.24, 2.45) is 5.92 Å². The second-order valence-corrected chi connectivity index (χ2v) is 6.11. The Bertz CT molecular complexity index is 301. The van der Waals surface area contributed by atoms with E-state index >= 15 is 0 Å². The summed E-state index contributed by atoms with van der Waals surface area (Å²) < 4.78 is 0. The summed E-state index contributed by atoms with van der Waals surface area (Å²) in [6.45, 7) is 3.20. The van der Waals surface area contributed by atoms with Gasteiger partial charge in [-0.15, -0.1) is 0 Å². The number of carbonyl (C=O) groups excluding carboxylic acids is 2. The van der Waals surface area contributed by atoms with Gasteiger partial charge >= 0.3 is 0 Å². The average Bonchev–Trinajstić information content (AvgIpc) is 2.68. The van der Waals surface area contributed by atoms with E-state index in [0.29, 0.717) is 12.6 Å². The first-order chi connectivity index (χ1) is 8.15. The number of carbonyl (C=O) groups is 2. The number of thioether (sulfide) groups is 1. The lowest BCUT2D eigenvalue weighted by atomic mass is 9.87. The van der Waals surface area contributed by atoms with E-state index in [9.17, 15) is 9.59 Å². The highest BCUT2D eigenvalue weighted by molar-refractivity contribution is 8.13. The van der Waals surface area contributed by atoms with Crippen LogP contribution < -0.4 is 5.32 Å². The zero-order valence-corrected chi connectivity index (χ0v) is 11.1. The lowest BCUT2D eigenvalue weighted by Gasteiger charge is -2.27. The number of amides is 2. The maximum absolute atomic E-state index is 11.8. The summed E-state index contributed by atoms with van der Waals surface area (Å²) in [5, 5.41) is 3.08. The van der Waals surface area contributed by atoms with Crippen molar-refractivity contribution in [3.05, 3.63) is 0 Å². The Morgan fingerprint density at radius 3 is 2.71 bits per heavy atom. The molecular weight excluding hydrogens is 236 g/mol. The number of hydrogen-bond donors (Lipinski definition) is 1. The van der Waals surface area contributed by atoms with Crippen LogP contribution in [-0.2, 0) is 4.79 Å². The summed E-state index contributed by atoms with van der Waals surface area (Å²) in [6, 6.07) is 0.323. The molecule has 5 heteroatoms. The highest BCUT2D eigenvalue weighted by Crippen LogP contribution is 2.23. The molecule has 1 heterocycles. The molecule has 0 aromatic rings. The van der Waals surface area contributed by atoms with Crippen LogP contribution in [0.25, 0.3) is 0 Å². The van der Waals surface area contributed by atoms with Gasteiger partial charge in [-0.2, -0.15) is 0 Å². The summed E-state index contributed by atoms with van der Waals surface area (Å²) in [7, 11) is 0. The highest BCUT2D eigenvalue weighted by Gasteiger charge is 2.25. The van der Waals surface area contributed by atoms with Crippen molar-refractivity contribution < 1.29 is 9.59 Å². The Morgan fingerprint density at radius 1 is 1.41 bits per heavy atom. The summed E-state index contributed by atoms with van der Waals surface area (Å²) in [5.41, 5.74) is 0. The quantitative estimate of drug-likeness (QED) is 0.838. The van der Waals surface area contributed by atoms with Crippen molar-refractivity contribution in [3.8, 4) is 0 Å². The summed E-state index contributed by atoms with van der Waals surface area (Å²) in [6.07, 6.45) is 4.55. The Kier molecular flexibility index (Phi) is 4.31. The number of nitrogens with zero attached hydrogens (tertiary/aromatic N) is 1. The molecule has 17 heavy (non-hydrogen) atoms. The molecule has 2 aliphatic rings. The molecule has 2 fully saturated rings. The van der Waals surface area contributed by atoms with E-state index in [1.165, 1.54) is 24.6 Å². The third-order valence-corrected chi connectivity index (χ3v) is 4.45. The van der Waals surface area contributed by atoms with E-state index in [2.05, 4.69) is 12.2 Å². The van der Waals surface area contributed by atoms with Crippen molar-refractivity contribution in [1.82, 2.24) is 10.2 Å². The number of nitrogens with one attached hydrogen (secondary N) is 1. The van der Waals surface area contributed by atoms with Gasteiger partial charge in [-0.3, -0.25) is 9.59 Å². The maximum atomic E-state index is 11.8. The molecule has 0 unspecified atom stereocenters. The zero-order valence-electron chi connectivity index (χ0n) is 10.3. The van der Waals surface area contributed by atoms with Crippen molar-refractivity contribution in [2.45, 2.75) is 38.6 Å². The van der Waals surface area contributed by atoms with E-state index in [1.807, 2.05) is 0 Å². The molecule has 1 saturated heterocycles. The molecule has 0 bridgehead atoms. The van der Waals surface area contributed by atoms with Gasteiger partial charge in [0, 0.05) is 18.3 Å². The molecule has 1 saturated carbocycles. The van der Waals surface area contributed by atoms with Crippen molar-refractivity contribution in [2.75, 3.05) is 18.8 Å². The highest BCUT2D eigenvalue weighted by atomic mass is 32.2. The molecule has 4 nitrogen and oxygen atoms in total. The minimum absolute atomic E-state index is 0.000373. The first-order valence-corrected chi connectivity index (χ1v) is 7.35. The first kappa shape index (κ1) is 12.7. The molecule has 0 aromatic heterocycles. The molecular formula is C12H20N2O2S. The fourth-order valence-electron chi connectivity index (χ4n) is 2.42. The fourth-order valence-corrected chi connectivity index (χ4v) is 3.25. The van der Waals surface area contributed by atoms with Crippen LogP contribution in [0.4, 0.5) is 4.79 Å². The largest absolute Gasteiger partial charge is 0.352 e. The Balaban J connectivity index is 1.72. The Hall–Kier alpha value is -0.710. The van der Waals surface area contributed by atoms with Gasteiger partial charge in [0.25, 0.3) is 5.24 Å². The van der Waals surface area contributed by atoms with Gasteiger partial charge in [0.1, 0.15) is 6.54 Å². The standard InChI is InChI=1S/C12H20N2O2S/c1-9-2-4-10(5-3-9)13-11(15)8-14-6-7-17-12(14)16/h9-10H,2-8H2,1H3,(H,13,15). The lowest BCUT2D eigenvalue weighted by Crippen LogP contribution is -2.43. The summed E-state index contributed by atoms with van der Waals surface area (Å²) >= 11 is 1.30. The van der Waals surface area contributed by atoms with E-state index in [-0.39, 0.29) is 17.7 Å². The van der Waals surface area contributed by atoms with Crippen molar-refractivity contribution in [1.29, 1.82) is 0 Å². The molecule has 0 atom stereocenters. The van der Waals surface area contributed by atoms with Crippen LogP contribution in [0.5, 0.6) is 0 Å². The minimum Gasteiger partial charge on any atom is -0.352 e. The molecule has 0 radical (unpaired) electrons. The number of hydrogen-bond acceptors (Lipinski definition) is 3. The third kappa shape index (κ3) is 3.63. The summed E-state index contributed by atoms with van der Waals surface area (Å²) in [4.78, 5) is 24.8. The molecule has 0 spiro atoms. The minimum atomic E-state index is 0.000373. The van der Waals surface area contributed by atoms with Crippen LogP contribution in [0.1, 0.15) is 32.6 Å². The van der Waals surface area contributed by atoms with Gasteiger partial charge in [-0.05, 0) is 31.6 Å². The SMILES string of the molecule is CC1CCC(NC(=O)CN2CCSC2=O)CC1. The van der Waals surface area contributed by atoms with Crippen LogP contribution in [-0.4, -0.2) is 40.9 Å². The summed E-state index contributed by atoms with van der Waals surface area (Å²) in [5.74, 6) is 1.60. The third-order valence-electron chi connectivity index (χ3n) is 3.56. The van der Waals surface area contributed by atoms with Crippen LogP contribution >= 0.6 is 11.8 Å². The predicted molar refractivity (Wildman–Crippen MR) is 69.0 cm³/mol. The van der Waals surface area contributed by atoms with Gasteiger partial charge in [-0.25, -0.2) is 0 Å². The van der Waals surface area contributed by atoms with Crippen LogP contribution in [0.3, 0.4) is 0 Å².